The number of hydrogen-bond donors (Lipinski definition) is 2. The van der Waals surface area contributed by atoms with Gasteiger partial charge in [-0.25, -0.2) is 4.79 Å². The number of alkyl carbamates (subject to hydrolysis) is 1. The lowest BCUT2D eigenvalue weighted by Crippen LogP contribution is -2.51. The zero-order valence-electron chi connectivity index (χ0n) is 20.2. The normalized spacial score (nSPS) is 17.9. The van der Waals surface area contributed by atoms with Crippen LogP contribution < -0.4 is 10.6 Å². The number of hydrogen-bond acceptors (Lipinski definition) is 4. The molecule has 0 saturated carbocycles. The zero-order chi connectivity index (χ0) is 23.8. The standard InChI is InChI=1S/C27H37N3O3/c1-20(30-17-11-12-21(19-30)18-28-26(32)33-27(2,3)4)25(31)29-24(22-13-7-5-8-14-22)23-15-9-6-10-16-23/h5-10,13-16,20-21,24H,11-12,17-19H2,1-4H3,(H,28,32)(H,29,31). The fourth-order valence-corrected chi connectivity index (χ4v) is 4.24. The molecule has 1 aliphatic rings. The van der Waals surface area contributed by atoms with Gasteiger partial charge in [0.2, 0.25) is 5.91 Å². The Hall–Kier alpha value is -2.86. The summed E-state index contributed by atoms with van der Waals surface area (Å²) in [6.07, 6.45) is 1.63. The number of ether oxygens (including phenoxy) is 1. The van der Waals surface area contributed by atoms with E-state index in [-0.39, 0.29) is 24.1 Å². The van der Waals surface area contributed by atoms with E-state index in [4.69, 9.17) is 4.74 Å². The van der Waals surface area contributed by atoms with Gasteiger partial charge in [-0.15, -0.1) is 0 Å². The lowest BCUT2D eigenvalue weighted by Gasteiger charge is -2.36. The molecule has 33 heavy (non-hydrogen) atoms. The highest BCUT2D eigenvalue weighted by atomic mass is 16.6. The molecule has 2 aromatic rings. The van der Waals surface area contributed by atoms with Crippen molar-refractivity contribution in [2.75, 3.05) is 19.6 Å². The summed E-state index contributed by atoms with van der Waals surface area (Å²) in [6, 6.07) is 19.7. The molecule has 0 spiro atoms. The average Bonchev–Trinajstić information content (AvgIpc) is 2.81. The molecule has 6 nitrogen and oxygen atoms in total. The molecule has 0 aromatic heterocycles. The van der Waals surface area contributed by atoms with Crippen LogP contribution in [0.15, 0.2) is 60.7 Å². The Morgan fingerprint density at radius 3 is 2.15 bits per heavy atom. The fourth-order valence-electron chi connectivity index (χ4n) is 4.24. The van der Waals surface area contributed by atoms with E-state index in [1.807, 2.05) is 88.4 Å². The molecule has 1 fully saturated rings. The number of amides is 2. The van der Waals surface area contributed by atoms with Gasteiger partial charge >= 0.3 is 6.09 Å². The molecule has 2 aromatic carbocycles. The molecule has 0 bridgehead atoms. The summed E-state index contributed by atoms with van der Waals surface area (Å²) in [7, 11) is 0. The Labute approximate surface area is 197 Å². The minimum atomic E-state index is -0.511. The first kappa shape index (κ1) is 24.8. The van der Waals surface area contributed by atoms with Gasteiger partial charge < -0.3 is 15.4 Å². The molecule has 0 aliphatic carbocycles. The largest absolute Gasteiger partial charge is 0.444 e. The maximum atomic E-state index is 13.3. The third-order valence-electron chi connectivity index (χ3n) is 5.96. The molecule has 2 unspecified atom stereocenters. The third-order valence-corrected chi connectivity index (χ3v) is 5.96. The molecule has 178 valence electrons. The summed E-state index contributed by atoms with van der Waals surface area (Å²) in [6.45, 7) is 9.72. The molecule has 0 radical (unpaired) electrons. The first-order valence-corrected chi connectivity index (χ1v) is 11.8. The van der Waals surface area contributed by atoms with Crippen LogP contribution in [0.1, 0.15) is 57.7 Å². The number of rotatable bonds is 7. The van der Waals surface area contributed by atoms with Crippen molar-refractivity contribution in [2.24, 2.45) is 5.92 Å². The van der Waals surface area contributed by atoms with Crippen LogP contribution in [0.4, 0.5) is 4.79 Å². The minimum Gasteiger partial charge on any atom is -0.444 e. The molecule has 2 atom stereocenters. The summed E-state index contributed by atoms with van der Waals surface area (Å²) in [5.74, 6) is 0.300. The van der Waals surface area contributed by atoms with E-state index < -0.39 is 5.60 Å². The number of likely N-dealkylation sites (tertiary alicyclic amines) is 1. The Kier molecular flexibility index (Phi) is 8.50. The fraction of sp³-hybridized carbons (Fsp3) is 0.481. The van der Waals surface area contributed by atoms with Crippen LogP contribution in [0.25, 0.3) is 0 Å². The molecule has 1 heterocycles. The van der Waals surface area contributed by atoms with Crippen LogP contribution in [-0.4, -0.2) is 48.2 Å². The summed E-state index contributed by atoms with van der Waals surface area (Å²) in [5.41, 5.74) is 1.60. The maximum Gasteiger partial charge on any atom is 0.407 e. The van der Waals surface area contributed by atoms with Crippen molar-refractivity contribution in [3.05, 3.63) is 71.8 Å². The van der Waals surface area contributed by atoms with Gasteiger partial charge in [0.1, 0.15) is 5.60 Å². The Bertz CT molecular complexity index is 856. The second-order valence-electron chi connectivity index (χ2n) is 9.82. The van der Waals surface area contributed by atoms with Gasteiger partial charge in [-0.3, -0.25) is 9.69 Å². The smallest absolute Gasteiger partial charge is 0.407 e. The molecular formula is C27H37N3O3. The Balaban J connectivity index is 1.60. The summed E-state index contributed by atoms with van der Waals surface area (Å²) in [5, 5.41) is 6.15. The second kappa shape index (κ2) is 11.3. The number of nitrogens with zero attached hydrogens (tertiary/aromatic N) is 1. The van der Waals surface area contributed by atoms with Crippen molar-refractivity contribution in [2.45, 2.75) is 58.2 Å². The molecule has 2 N–H and O–H groups in total. The first-order chi connectivity index (χ1) is 15.7. The quantitative estimate of drug-likeness (QED) is 0.649. The maximum absolute atomic E-state index is 13.3. The average molecular weight is 452 g/mol. The van der Waals surface area contributed by atoms with E-state index in [2.05, 4.69) is 15.5 Å². The van der Waals surface area contributed by atoms with Gasteiger partial charge in [-0.05, 0) is 64.1 Å². The lowest BCUT2D eigenvalue weighted by molar-refractivity contribution is -0.127. The zero-order valence-corrected chi connectivity index (χ0v) is 20.2. The molecule has 3 rings (SSSR count). The Morgan fingerprint density at radius 1 is 1.03 bits per heavy atom. The number of carbonyl (C=O) groups is 2. The van der Waals surface area contributed by atoms with Crippen molar-refractivity contribution in [3.63, 3.8) is 0 Å². The van der Waals surface area contributed by atoms with Gasteiger partial charge in [-0.2, -0.15) is 0 Å². The lowest BCUT2D eigenvalue weighted by atomic mass is 9.96. The highest BCUT2D eigenvalue weighted by molar-refractivity contribution is 5.82. The third kappa shape index (κ3) is 7.60. The SMILES string of the molecule is CC(C(=O)NC(c1ccccc1)c1ccccc1)N1CCCC(CNC(=O)OC(C)(C)C)C1. The highest BCUT2D eigenvalue weighted by Gasteiger charge is 2.29. The van der Waals surface area contributed by atoms with Crippen molar-refractivity contribution in [3.8, 4) is 0 Å². The first-order valence-electron chi connectivity index (χ1n) is 11.8. The van der Waals surface area contributed by atoms with E-state index >= 15 is 0 Å². The van der Waals surface area contributed by atoms with Crippen LogP contribution in [0.5, 0.6) is 0 Å². The van der Waals surface area contributed by atoms with E-state index in [0.29, 0.717) is 12.5 Å². The highest BCUT2D eigenvalue weighted by Crippen LogP contribution is 2.23. The summed E-state index contributed by atoms with van der Waals surface area (Å²) in [4.78, 5) is 27.5. The monoisotopic (exact) mass is 451 g/mol. The molecule has 6 heteroatoms. The summed E-state index contributed by atoms with van der Waals surface area (Å²) < 4.78 is 5.34. The molecule has 1 saturated heterocycles. The summed E-state index contributed by atoms with van der Waals surface area (Å²) >= 11 is 0. The number of nitrogens with one attached hydrogen (secondary N) is 2. The Morgan fingerprint density at radius 2 is 1.61 bits per heavy atom. The molecular weight excluding hydrogens is 414 g/mol. The van der Waals surface area contributed by atoms with Gasteiger partial charge in [0.25, 0.3) is 0 Å². The van der Waals surface area contributed by atoms with Crippen molar-refractivity contribution in [1.82, 2.24) is 15.5 Å². The van der Waals surface area contributed by atoms with Gasteiger partial charge in [0.05, 0.1) is 12.1 Å². The topological polar surface area (TPSA) is 70.7 Å². The van der Waals surface area contributed by atoms with Crippen molar-refractivity contribution >= 4 is 12.0 Å². The van der Waals surface area contributed by atoms with E-state index in [1.54, 1.807) is 0 Å². The minimum absolute atomic E-state index is 0.00783. The van der Waals surface area contributed by atoms with E-state index in [0.717, 1.165) is 37.1 Å². The van der Waals surface area contributed by atoms with Crippen LogP contribution in [0.3, 0.4) is 0 Å². The van der Waals surface area contributed by atoms with Gasteiger partial charge in [0, 0.05) is 13.1 Å². The van der Waals surface area contributed by atoms with Crippen LogP contribution in [0.2, 0.25) is 0 Å². The number of carbonyl (C=O) groups excluding carboxylic acids is 2. The van der Waals surface area contributed by atoms with E-state index in [1.165, 1.54) is 0 Å². The number of benzene rings is 2. The predicted molar refractivity (Wildman–Crippen MR) is 131 cm³/mol. The van der Waals surface area contributed by atoms with Gasteiger partial charge in [0.15, 0.2) is 0 Å². The van der Waals surface area contributed by atoms with Crippen LogP contribution >= 0.6 is 0 Å². The molecule has 2 amide bonds. The molecule has 1 aliphatic heterocycles. The van der Waals surface area contributed by atoms with Crippen LogP contribution in [-0.2, 0) is 9.53 Å². The second-order valence-corrected chi connectivity index (χ2v) is 9.82. The van der Waals surface area contributed by atoms with Gasteiger partial charge in [-0.1, -0.05) is 60.7 Å². The van der Waals surface area contributed by atoms with Crippen molar-refractivity contribution in [1.29, 1.82) is 0 Å². The van der Waals surface area contributed by atoms with Crippen LogP contribution in [0, 0.1) is 5.92 Å². The predicted octanol–water partition coefficient (Wildman–Crippen LogP) is 4.52. The van der Waals surface area contributed by atoms with E-state index in [9.17, 15) is 9.59 Å². The number of piperidine rings is 1. The van der Waals surface area contributed by atoms with Crippen molar-refractivity contribution < 1.29 is 14.3 Å².